The monoisotopic (exact) mass is 445 g/mol. The van der Waals surface area contributed by atoms with Crippen molar-refractivity contribution in [3.05, 3.63) is 51.3 Å². The lowest BCUT2D eigenvalue weighted by molar-refractivity contribution is -0.113. The van der Waals surface area contributed by atoms with Crippen LogP contribution in [0, 0.1) is 12.7 Å². The Balaban J connectivity index is 1.51. The molecule has 0 atom stereocenters. The zero-order chi connectivity index (χ0) is 22.0. The topological polar surface area (TPSA) is 70.5 Å². The van der Waals surface area contributed by atoms with Crippen molar-refractivity contribution in [1.29, 1.82) is 0 Å². The van der Waals surface area contributed by atoms with Crippen LogP contribution in [0.25, 0.3) is 0 Å². The van der Waals surface area contributed by atoms with Crippen molar-refractivity contribution in [3.8, 4) is 0 Å². The number of hydrogen-bond donors (Lipinski definition) is 1. The molecule has 1 aromatic heterocycles. The van der Waals surface area contributed by atoms with Gasteiger partial charge in [0, 0.05) is 37.4 Å². The predicted octanol–water partition coefficient (Wildman–Crippen LogP) is 2.18. The first kappa shape index (κ1) is 21.8. The molecule has 9 heteroatoms. The van der Waals surface area contributed by atoms with Gasteiger partial charge in [-0.15, -0.1) is 0 Å². The summed E-state index contributed by atoms with van der Waals surface area (Å²) in [6.45, 7) is 5.10. The number of likely N-dealkylation sites (N-methyl/N-ethyl adjacent to an activating group) is 1. The molecule has 4 rings (SSSR count). The maximum Gasteiger partial charge on any atom is 0.367 e. The molecule has 2 aromatic rings. The van der Waals surface area contributed by atoms with Crippen LogP contribution in [0.15, 0.2) is 28.0 Å². The van der Waals surface area contributed by atoms with E-state index in [1.807, 2.05) is 0 Å². The predicted molar refractivity (Wildman–Crippen MR) is 121 cm³/mol. The SMILES string of the molecule is Cc1ccc(NC(=O)CSc2nc(=O)n(N3CCN(C)CC3)c3c2CCCC3)cc1F. The molecule has 7 nitrogen and oxygen atoms in total. The maximum absolute atomic E-state index is 13.7. The van der Waals surface area contributed by atoms with Gasteiger partial charge in [-0.3, -0.25) is 4.79 Å². The van der Waals surface area contributed by atoms with Crippen LogP contribution in [0.2, 0.25) is 0 Å². The van der Waals surface area contributed by atoms with E-state index in [4.69, 9.17) is 0 Å². The van der Waals surface area contributed by atoms with Crippen molar-refractivity contribution in [2.24, 2.45) is 0 Å². The fourth-order valence-electron chi connectivity index (χ4n) is 4.08. The molecule has 1 fully saturated rings. The second-order valence-corrected chi connectivity index (χ2v) is 9.17. The molecule has 2 heterocycles. The number of carbonyl (C=O) groups is 1. The Morgan fingerprint density at radius 3 is 2.68 bits per heavy atom. The van der Waals surface area contributed by atoms with Crippen molar-refractivity contribution >= 4 is 23.4 Å². The molecule has 1 aliphatic heterocycles. The molecule has 0 radical (unpaired) electrons. The van der Waals surface area contributed by atoms with Crippen LogP contribution in [0.4, 0.5) is 10.1 Å². The Kier molecular flexibility index (Phi) is 6.62. The summed E-state index contributed by atoms with van der Waals surface area (Å²) in [4.78, 5) is 32.0. The number of carbonyl (C=O) groups excluding carboxylic acids is 1. The number of rotatable bonds is 5. The van der Waals surface area contributed by atoms with E-state index in [0.29, 0.717) is 16.3 Å². The third kappa shape index (κ3) is 4.93. The minimum Gasteiger partial charge on any atom is -0.325 e. The molecule has 2 aliphatic rings. The smallest absolute Gasteiger partial charge is 0.325 e. The highest BCUT2D eigenvalue weighted by Crippen LogP contribution is 2.29. The number of hydrogen-bond acceptors (Lipinski definition) is 6. The van der Waals surface area contributed by atoms with Crippen molar-refractivity contribution < 1.29 is 9.18 Å². The van der Waals surface area contributed by atoms with E-state index in [0.717, 1.165) is 63.1 Å². The highest BCUT2D eigenvalue weighted by Gasteiger charge is 2.25. The highest BCUT2D eigenvalue weighted by molar-refractivity contribution is 8.00. The lowest BCUT2D eigenvalue weighted by Crippen LogP contribution is -2.54. The Morgan fingerprint density at radius 1 is 1.19 bits per heavy atom. The Labute approximate surface area is 185 Å². The van der Waals surface area contributed by atoms with E-state index in [1.165, 1.54) is 17.8 Å². The van der Waals surface area contributed by atoms with Crippen LogP contribution in [0.5, 0.6) is 0 Å². The van der Waals surface area contributed by atoms with E-state index in [1.54, 1.807) is 23.7 Å². The molecule has 1 aromatic carbocycles. The summed E-state index contributed by atoms with van der Waals surface area (Å²) in [6.07, 6.45) is 3.82. The fraction of sp³-hybridized carbons (Fsp3) is 0.500. The van der Waals surface area contributed by atoms with Gasteiger partial charge in [0.1, 0.15) is 10.8 Å². The quantitative estimate of drug-likeness (QED) is 0.562. The molecule has 31 heavy (non-hydrogen) atoms. The molecular weight excluding hydrogens is 417 g/mol. The van der Waals surface area contributed by atoms with Gasteiger partial charge in [0.15, 0.2) is 0 Å². The van der Waals surface area contributed by atoms with Gasteiger partial charge in [0.05, 0.1) is 11.4 Å². The van der Waals surface area contributed by atoms with E-state index in [-0.39, 0.29) is 23.2 Å². The van der Waals surface area contributed by atoms with Crippen LogP contribution in [0.1, 0.15) is 29.7 Å². The first-order chi connectivity index (χ1) is 14.9. The van der Waals surface area contributed by atoms with Gasteiger partial charge >= 0.3 is 5.69 Å². The number of nitrogens with zero attached hydrogens (tertiary/aromatic N) is 4. The standard InChI is InChI=1S/C22H28FN5O2S/c1-15-7-8-16(13-18(15)23)24-20(29)14-31-21-17-5-3-4-6-19(17)28(22(30)25-21)27-11-9-26(2)10-12-27/h7-8,13H,3-6,9-12,14H2,1-2H3,(H,24,29). The van der Waals surface area contributed by atoms with Gasteiger partial charge in [-0.05, 0) is 57.4 Å². The summed E-state index contributed by atoms with van der Waals surface area (Å²) in [7, 11) is 2.09. The number of amides is 1. The van der Waals surface area contributed by atoms with Gasteiger partial charge in [0.25, 0.3) is 0 Å². The zero-order valence-corrected chi connectivity index (χ0v) is 18.8. The van der Waals surface area contributed by atoms with E-state index < -0.39 is 0 Å². The number of piperazine rings is 1. The lowest BCUT2D eigenvalue weighted by atomic mass is 9.97. The number of thioether (sulfide) groups is 1. The number of nitrogens with one attached hydrogen (secondary N) is 1. The van der Waals surface area contributed by atoms with Crippen molar-refractivity contribution in [3.63, 3.8) is 0 Å². The van der Waals surface area contributed by atoms with Crippen LogP contribution < -0.4 is 16.0 Å². The Morgan fingerprint density at radius 2 is 1.94 bits per heavy atom. The average Bonchev–Trinajstić information content (AvgIpc) is 2.76. The number of aromatic nitrogens is 2. The zero-order valence-electron chi connectivity index (χ0n) is 18.0. The van der Waals surface area contributed by atoms with E-state index >= 15 is 0 Å². The van der Waals surface area contributed by atoms with Crippen LogP contribution in [0.3, 0.4) is 0 Å². The molecule has 1 N–H and O–H groups in total. The Bertz CT molecular complexity index is 1030. The molecule has 0 saturated carbocycles. The summed E-state index contributed by atoms with van der Waals surface area (Å²) in [5, 5.41) is 5.47. The number of halogens is 1. The Hall–Kier alpha value is -2.39. The van der Waals surface area contributed by atoms with Crippen molar-refractivity contribution in [2.45, 2.75) is 37.6 Å². The molecule has 0 bridgehead atoms. The largest absolute Gasteiger partial charge is 0.367 e. The molecule has 1 aliphatic carbocycles. The molecule has 0 unspecified atom stereocenters. The second kappa shape index (κ2) is 9.40. The second-order valence-electron chi connectivity index (χ2n) is 8.20. The normalized spacial score (nSPS) is 16.8. The molecule has 1 amide bonds. The van der Waals surface area contributed by atoms with Crippen LogP contribution in [-0.4, -0.2) is 59.4 Å². The number of fused-ring (bicyclic) bond motifs is 1. The first-order valence-electron chi connectivity index (χ1n) is 10.7. The summed E-state index contributed by atoms with van der Waals surface area (Å²) in [5.41, 5.74) is 2.82. The fourth-order valence-corrected chi connectivity index (χ4v) is 4.96. The van der Waals surface area contributed by atoms with Crippen LogP contribution in [-0.2, 0) is 17.6 Å². The number of anilines is 1. The minimum atomic E-state index is -0.353. The maximum atomic E-state index is 13.7. The minimum absolute atomic E-state index is 0.118. The van der Waals surface area contributed by atoms with E-state index in [9.17, 15) is 14.0 Å². The van der Waals surface area contributed by atoms with Gasteiger partial charge in [-0.1, -0.05) is 17.8 Å². The molecule has 166 valence electrons. The summed E-state index contributed by atoms with van der Waals surface area (Å²) >= 11 is 1.28. The summed E-state index contributed by atoms with van der Waals surface area (Å²) < 4.78 is 15.5. The third-order valence-electron chi connectivity index (χ3n) is 5.89. The molecule has 1 saturated heterocycles. The molecule has 0 spiro atoms. The average molecular weight is 446 g/mol. The van der Waals surface area contributed by atoms with E-state index in [2.05, 4.69) is 27.3 Å². The number of aryl methyl sites for hydroxylation is 1. The van der Waals surface area contributed by atoms with Gasteiger partial charge < -0.3 is 15.2 Å². The number of benzene rings is 1. The van der Waals surface area contributed by atoms with Crippen molar-refractivity contribution in [1.82, 2.24) is 14.6 Å². The van der Waals surface area contributed by atoms with Gasteiger partial charge in [-0.25, -0.2) is 13.9 Å². The third-order valence-corrected chi connectivity index (χ3v) is 6.91. The highest BCUT2D eigenvalue weighted by atomic mass is 32.2. The van der Waals surface area contributed by atoms with Crippen molar-refractivity contribution in [2.75, 3.05) is 49.3 Å². The van der Waals surface area contributed by atoms with Gasteiger partial charge in [-0.2, -0.15) is 4.98 Å². The van der Waals surface area contributed by atoms with Crippen LogP contribution >= 0.6 is 11.8 Å². The van der Waals surface area contributed by atoms with Gasteiger partial charge in [0.2, 0.25) is 5.91 Å². The summed E-state index contributed by atoms with van der Waals surface area (Å²) in [6, 6.07) is 4.63. The first-order valence-corrected chi connectivity index (χ1v) is 11.7. The lowest BCUT2D eigenvalue weighted by Gasteiger charge is -2.37. The summed E-state index contributed by atoms with van der Waals surface area (Å²) in [5.74, 6) is -0.482. The molecular formula is C22H28FN5O2S.